The normalized spacial score (nSPS) is 11.3. The van der Waals surface area contributed by atoms with Gasteiger partial charge in [0.15, 0.2) is 15.8 Å². The zero-order chi connectivity index (χ0) is 18.7. The van der Waals surface area contributed by atoms with Gasteiger partial charge in [-0.2, -0.15) is 4.99 Å². The number of nitro benzene ring substituents is 1. The van der Waals surface area contributed by atoms with Crippen LogP contribution in [0.4, 0.5) is 5.69 Å². The predicted molar refractivity (Wildman–Crippen MR) is 89.7 cm³/mol. The van der Waals surface area contributed by atoms with Gasteiger partial charge in [0.25, 0.3) is 11.6 Å². The molecule has 0 radical (unpaired) electrons. The van der Waals surface area contributed by atoms with Crippen molar-refractivity contribution in [3.63, 3.8) is 0 Å². The molecule has 0 aliphatic carbocycles. The fourth-order valence-electron chi connectivity index (χ4n) is 2.45. The van der Waals surface area contributed by atoms with Crippen LogP contribution in [-0.2, 0) is 9.84 Å². The minimum absolute atomic E-state index is 0.129. The molecule has 0 aliphatic heterocycles. The first-order chi connectivity index (χ1) is 11.0. The number of carbonyl (C=O) groups excluding carboxylic acids is 1. The molecule has 24 heavy (non-hydrogen) atoms. The van der Waals surface area contributed by atoms with Gasteiger partial charge in [0.1, 0.15) is 5.56 Å². The minimum Gasteiger partial charge on any atom is -0.370 e. The van der Waals surface area contributed by atoms with Crippen molar-refractivity contribution in [2.75, 3.05) is 6.26 Å². The smallest absolute Gasteiger partial charge is 0.287 e. The zero-order valence-corrected chi connectivity index (χ0v) is 14.5. The van der Waals surface area contributed by atoms with E-state index in [4.69, 9.17) is 11.5 Å². The van der Waals surface area contributed by atoms with E-state index in [1.165, 1.54) is 0 Å². The molecule has 1 aromatic rings. The molecule has 1 aromatic carbocycles. The molecule has 1 rings (SSSR count). The number of nitrogens with two attached hydrogens (primary N) is 2. The summed E-state index contributed by atoms with van der Waals surface area (Å²) in [5.74, 6) is -1.83. The van der Waals surface area contributed by atoms with Gasteiger partial charge in [-0.05, 0) is 30.4 Å². The number of benzene rings is 1. The van der Waals surface area contributed by atoms with Gasteiger partial charge in [-0.15, -0.1) is 0 Å². The third-order valence-electron chi connectivity index (χ3n) is 3.61. The monoisotopic (exact) mass is 356 g/mol. The van der Waals surface area contributed by atoms with Gasteiger partial charge in [0, 0.05) is 12.3 Å². The number of carbonyl (C=O) groups is 1. The van der Waals surface area contributed by atoms with E-state index < -0.39 is 37.9 Å². The first-order valence-electron chi connectivity index (χ1n) is 7.19. The van der Waals surface area contributed by atoms with Crippen LogP contribution < -0.4 is 11.5 Å². The molecule has 0 saturated heterocycles. The molecular weight excluding hydrogens is 336 g/mol. The van der Waals surface area contributed by atoms with Crippen LogP contribution in [0, 0.1) is 10.1 Å². The number of guanidine groups is 1. The van der Waals surface area contributed by atoms with Crippen molar-refractivity contribution < 1.29 is 18.1 Å². The lowest BCUT2D eigenvalue weighted by molar-refractivity contribution is -0.385. The second-order valence-electron chi connectivity index (χ2n) is 5.29. The van der Waals surface area contributed by atoms with E-state index in [2.05, 4.69) is 4.99 Å². The van der Waals surface area contributed by atoms with Crippen LogP contribution in [0.3, 0.4) is 0 Å². The van der Waals surface area contributed by atoms with E-state index in [-0.39, 0.29) is 10.8 Å². The predicted octanol–water partition coefficient (Wildman–Crippen LogP) is 1.32. The summed E-state index contributed by atoms with van der Waals surface area (Å²) in [6, 6.07) is 2.11. The van der Waals surface area contributed by atoms with Crippen molar-refractivity contribution >= 4 is 27.4 Å². The zero-order valence-electron chi connectivity index (χ0n) is 13.6. The van der Waals surface area contributed by atoms with Crippen LogP contribution in [0.15, 0.2) is 22.0 Å². The number of nitrogens with zero attached hydrogens (tertiary/aromatic N) is 2. The van der Waals surface area contributed by atoms with Crippen LogP contribution in [0.25, 0.3) is 0 Å². The highest BCUT2D eigenvalue weighted by molar-refractivity contribution is 7.90. The summed E-state index contributed by atoms with van der Waals surface area (Å²) in [6.07, 6.45) is 2.17. The van der Waals surface area contributed by atoms with E-state index in [1.54, 1.807) is 0 Å². The maximum absolute atomic E-state index is 12.1. The Balaban J connectivity index is 3.84. The number of rotatable bonds is 6. The molecule has 4 N–H and O–H groups in total. The summed E-state index contributed by atoms with van der Waals surface area (Å²) >= 11 is 0. The van der Waals surface area contributed by atoms with Crippen molar-refractivity contribution in [2.45, 2.75) is 37.5 Å². The van der Waals surface area contributed by atoms with Crippen molar-refractivity contribution in [2.24, 2.45) is 16.5 Å². The Morgan fingerprint density at radius 1 is 1.29 bits per heavy atom. The number of nitro groups is 1. The third-order valence-corrected chi connectivity index (χ3v) is 4.76. The first kappa shape index (κ1) is 19.6. The molecular formula is C14H20N4O5S. The lowest BCUT2D eigenvalue weighted by Gasteiger charge is -2.17. The van der Waals surface area contributed by atoms with Gasteiger partial charge < -0.3 is 11.5 Å². The van der Waals surface area contributed by atoms with Crippen LogP contribution >= 0.6 is 0 Å². The Labute approximate surface area is 139 Å². The fourth-order valence-corrected chi connectivity index (χ4v) is 3.44. The molecule has 0 atom stereocenters. The summed E-state index contributed by atoms with van der Waals surface area (Å²) < 4.78 is 24.2. The molecule has 9 nitrogen and oxygen atoms in total. The Hall–Kier alpha value is -2.49. The Morgan fingerprint density at radius 2 is 1.83 bits per heavy atom. The number of amides is 1. The second kappa shape index (κ2) is 7.39. The fraction of sp³-hybridized carbons (Fsp3) is 0.429. The third kappa shape index (κ3) is 4.28. The highest BCUT2D eigenvalue weighted by Crippen LogP contribution is 2.34. The molecule has 1 amide bonds. The van der Waals surface area contributed by atoms with Gasteiger partial charge in [0.2, 0.25) is 0 Å². The van der Waals surface area contributed by atoms with Gasteiger partial charge >= 0.3 is 0 Å². The molecule has 132 valence electrons. The van der Waals surface area contributed by atoms with E-state index in [9.17, 15) is 23.3 Å². The Morgan fingerprint density at radius 3 is 2.21 bits per heavy atom. The highest BCUT2D eigenvalue weighted by Gasteiger charge is 2.28. The highest BCUT2D eigenvalue weighted by atomic mass is 32.2. The molecule has 10 heteroatoms. The van der Waals surface area contributed by atoms with Gasteiger partial charge in [-0.3, -0.25) is 14.9 Å². The van der Waals surface area contributed by atoms with Crippen molar-refractivity contribution in [1.29, 1.82) is 0 Å². The Bertz CT molecular complexity index is 794. The summed E-state index contributed by atoms with van der Waals surface area (Å²) in [6.45, 7) is 3.70. The average Bonchev–Trinajstić information content (AvgIpc) is 2.45. The van der Waals surface area contributed by atoms with Crippen LogP contribution in [0.2, 0.25) is 0 Å². The summed E-state index contributed by atoms with van der Waals surface area (Å²) in [5, 5.41) is 11.3. The first-order valence-corrected chi connectivity index (χ1v) is 9.08. The van der Waals surface area contributed by atoms with Gasteiger partial charge in [0.05, 0.1) is 9.82 Å². The molecule has 0 bridgehead atoms. The number of hydrogen-bond acceptors (Lipinski definition) is 5. The van der Waals surface area contributed by atoms with E-state index in [0.29, 0.717) is 18.4 Å². The topological polar surface area (TPSA) is 159 Å². The van der Waals surface area contributed by atoms with Crippen molar-refractivity contribution in [3.8, 4) is 0 Å². The van der Waals surface area contributed by atoms with Gasteiger partial charge in [-0.1, -0.05) is 13.8 Å². The Kier molecular flexibility index (Phi) is 6.02. The second-order valence-corrected chi connectivity index (χ2v) is 7.28. The maximum atomic E-state index is 12.1. The van der Waals surface area contributed by atoms with E-state index in [1.807, 2.05) is 13.8 Å². The molecule has 0 fully saturated rings. The molecule has 0 unspecified atom stereocenters. The quantitative estimate of drug-likeness (QED) is 0.336. The SMILES string of the molecule is CCC(CC)c1cc([N+](=O)[O-])c(C(=O)N=C(N)N)cc1S(C)(=O)=O. The molecule has 0 aromatic heterocycles. The largest absolute Gasteiger partial charge is 0.370 e. The van der Waals surface area contributed by atoms with Crippen molar-refractivity contribution in [3.05, 3.63) is 33.4 Å². The number of hydrogen-bond donors (Lipinski definition) is 2. The molecule has 0 spiro atoms. The maximum Gasteiger partial charge on any atom is 0.287 e. The minimum atomic E-state index is -3.71. The molecule has 0 saturated carbocycles. The summed E-state index contributed by atoms with van der Waals surface area (Å²) in [7, 11) is -3.71. The van der Waals surface area contributed by atoms with Crippen molar-refractivity contribution in [1.82, 2.24) is 0 Å². The number of aliphatic imine (C=N–C) groups is 1. The lowest BCUT2D eigenvalue weighted by Crippen LogP contribution is -2.24. The molecule has 0 aliphatic rings. The summed E-state index contributed by atoms with van der Waals surface area (Å²) in [4.78, 5) is 25.7. The summed E-state index contributed by atoms with van der Waals surface area (Å²) in [5.41, 5.74) is 9.56. The standard InChI is InChI=1S/C14H20N4O5S/c1-4-8(5-2)9-6-11(18(20)21)10(13(19)17-14(15)16)7-12(9)24(3,22)23/h6-8H,4-5H2,1-3H3,(H4,15,16,17,19). The van der Waals surface area contributed by atoms with E-state index in [0.717, 1.165) is 18.4 Å². The van der Waals surface area contributed by atoms with Gasteiger partial charge in [-0.25, -0.2) is 8.42 Å². The van der Waals surface area contributed by atoms with Crippen LogP contribution in [0.1, 0.15) is 48.5 Å². The number of sulfone groups is 1. The van der Waals surface area contributed by atoms with Crippen LogP contribution in [-0.4, -0.2) is 31.5 Å². The molecule has 0 heterocycles. The van der Waals surface area contributed by atoms with Crippen LogP contribution in [0.5, 0.6) is 0 Å². The average molecular weight is 356 g/mol. The lowest BCUT2D eigenvalue weighted by atomic mass is 9.92. The van der Waals surface area contributed by atoms with E-state index >= 15 is 0 Å².